The molecule has 0 spiro atoms. The summed E-state index contributed by atoms with van der Waals surface area (Å²) >= 11 is 0. The number of phenolic OH excluding ortho intramolecular Hbond substituents is 1. The molecule has 17 heteroatoms. The summed E-state index contributed by atoms with van der Waals surface area (Å²) in [6, 6.07) is 14.9. The van der Waals surface area contributed by atoms with Crippen LogP contribution in [0.5, 0.6) is 17.2 Å². The number of carbonyl (C=O) groups excluding carboxylic acids is 5. The predicted octanol–water partition coefficient (Wildman–Crippen LogP) is 2.28. The number of urea groups is 1. The zero-order valence-corrected chi connectivity index (χ0v) is 28.2. The second-order valence-corrected chi connectivity index (χ2v) is 12.0. The number of hydrogen-bond donors (Lipinski definition) is 5. The second kappa shape index (κ2) is 16.7. The van der Waals surface area contributed by atoms with Gasteiger partial charge >= 0.3 is 37.0 Å². The molecule has 5 amide bonds. The van der Waals surface area contributed by atoms with Gasteiger partial charge in [-0.1, -0.05) is 48.5 Å². The fourth-order valence-corrected chi connectivity index (χ4v) is 5.84. The number of nitrogens with one attached hydrogen (secondary N) is 2. The molecule has 1 fully saturated rings. The molecule has 0 aliphatic carbocycles. The minimum absolute atomic E-state index is 0.00951. The summed E-state index contributed by atoms with van der Waals surface area (Å²) in [4.78, 5) is 78.5. The van der Waals surface area contributed by atoms with E-state index in [1.54, 1.807) is 25.1 Å². The van der Waals surface area contributed by atoms with Crippen LogP contribution in [0.1, 0.15) is 46.4 Å². The minimum atomic E-state index is -1.57. The summed E-state index contributed by atoms with van der Waals surface area (Å²) in [5.41, 5.74) is 1.24. The first-order chi connectivity index (χ1) is 25.0. The van der Waals surface area contributed by atoms with E-state index >= 15 is 0 Å². The smallest absolute Gasteiger partial charge is 0.526 e. The highest BCUT2D eigenvalue weighted by Gasteiger charge is 2.41. The number of alkyl carbamates (subject to hydrolysis) is 1. The number of carboxylic acids is 1. The van der Waals surface area contributed by atoms with E-state index in [1.807, 2.05) is 18.2 Å². The van der Waals surface area contributed by atoms with Crippen LogP contribution in [0.3, 0.4) is 0 Å². The summed E-state index contributed by atoms with van der Waals surface area (Å²) in [5, 5.41) is 35.9. The molecule has 0 saturated carbocycles. The van der Waals surface area contributed by atoms with Gasteiger partial charge in [-0.05, 0) is 48.2 Å². The number of carboxylic acid groups (broad SMARTS) is 1. The van der Waals surface area contributed by atoms with Crippen molar-refractivity contribution < 1.29 is 58.1 Å². The Labute approximate surface area is 298 Å². The molecule has 0 aromatic heterocycles. The van der Waals surface area contributed by atoms with Gasteiger partial charge in [-0.25, -0.2) is 14.4 Å². The van der Waals surface area contributed by atoms with Gasteiger partial charge in [0.2, 0.25) is 0 Å². The summed E-state index contributed by atoms with van der Waals surface area (Å²) in [6.07, 6.45) is -0.992. The Morgan fingerprint density at radius 1 is 1.02 bits per heavy atom. The van der Waals surface area contributed by atoms with Crippen LogP contribution < -0.4 is 20.0 Å². The average Bonchev–Trinajstić information content (AvgIpc) is 3.13. The van der Waals surface area contributed by atoms with Crippen molar-refractivity contribution in [1.29, 1.82) is 0 Å². The Bertz CT molecular complexity index is 1840. The largest absolute Gasteiger partial charge is 0.535 e. The van der Waals surface area contributed by atoms with E-state index in [1.165, 1.54) is 35.2 Å². The third-order valence-corrected chi connectivity index (χ3v) is 8.60. The standard InChI is InChI=1S/C35H37BN4O12/c1-2-39-14-15-40(32(44)31(39)43)34(47)38-29(27(42)19-24-17-23-9-6-10-25(33(45)46)30(23)52-36(24)49)22-11-12-26(41)28(18-22)50-16-13-37-35(48)51-20-21-7-4-3-5-8-21/h3-12,18,24,29,41,49H,2,13-17,19-20H2,1H3,(H,37,48)(H,38,47)(H,45,46)/t24-,29?/m1/s1. The van der Waals surface area contributed by atoms with E-state index in [0.717, 1.165) is 5.56 Å². The molecule has 3 aromatic rings. The molecule has 2 atom stereocenters. The molecule has 1 unspecified atom stereocenters. The Morgan fingerprint density at radius 2 is 1.79 bits per heavy atom. The number of carbonyl (C=O) groups is 6. The summed E-state index contributed by atoms with van der Waals surface area (Å²) in [7, 11) is -1.57. The van der Waals surface area contributed by atoms with Crippen molar-refractivity contribution in [3.8, 4) is 17.2 Å². The number of Topliss-reactive ketones (excluding diaryl/α,β-unsaturated/α-hetero) is 1. The van der Waals surface area contributed by atoms with Crippen molar-refractivity contribution in [1.82, 2.24) is 20.4 Å². The molecule has 5 rings (SSSR count). The first-order valence-corrected chi connectivity index (χ1v) is 16.5. The predicted molar refractivity (Wildman–Crippen MR) is 183 cm³/mol. The quantitative estimate of drug-likeness (QED) is 0.0977. The number of amides is 5. The normalized spacial score (nSPS) is 16.0. The number of phenols is 1. The molecule has 2 heterocycles. The number of benzene rings is 3. The molecule has 16 nitrogen and oxygen atoms in total. The Balaban J connectivity index is 1.30. The maximum absolute atomic E-state index is 14.0. The first-order valence-electron chi connectivity index (χ1n) is 16.5. The van der Waals surface area contributed by atoms with Gasteiger partial charge in [-0.15, -0.1) is 0 Å². The van der Waals surface area contributed by atoms with Crippen LogP contribution in [-0.2, 0) is 32.1 Å². The Kier molecular flexibility index (Phi) is 12.0. The lowest BCUT2D eigenvalue weighted by Crippen LogP contribution is -2.58. The maximum atomic E-state index is 14.0. The van der Waals surface area contributed by atoms with Gasteiger partial charge in [0.05, 0.1) is 12.1 Å². The van der Waals surface area contributed by atoms with Crippen LogP contribution in [0.4, 0.5) is 9.59 Å². The van der Waals surface area contributed by atoms with Crippen molar-refractivity contribution in [2.45, 2.75) is 38.2 Å². The number of likely N-dealkylation sites (N-methyl/N-ethyl adjacent to an activating group) is 1. The molecule has 3 aromatic carbocycles. The molecule has 52 heavy (non-hydrogen) atoms. The molecule has 2 aliphatic heterocycles. The Morgan fingerprint density at radius 3 is 2.52 bits per heavy atom. The van der Waals surface area contributed by atoms with Crippen LogP contribution in [0.25, 0.3) is 0 Å². The number of hydrogen-bond acceptors (Lipinski definition) is 11. The number of fused-ring (bicyclic) bond motifs is 1. The zero-order valence-electron chi connectivity index (χ0n) is 28.2. The number of ketones is 1. The van der Waals surface area contributed by atoms with Gasteiger partial charge < -0.3 is 44.9 Å². The number of para-hydroxylation sites is 1. The average molecular weight is 717 g/mol. The van der Waals surface area contributed by atoms with Gasteiger partial charge in [0, 0.05) is 31.9 Å². The monoisotopic (exact) mass is 716 g/mol. The van der Waals surface area contributed by atoms with Gasteiger partial charge in [-0.3, -0.25) is 19.3 Å². The molecular formula is C35H37BN4O12. The van der Waals surface area contributed by atoms with Crippen LogP contribution in [-0.4, -0.2) is 101 Å². The molecule has 0 radical (unpaired) electrons. The van der Waals surface area contributed by atoms with E-state index in [-0.39, 0.29) is 80.6 Å². The summed E-state index contributed by atoms with van der Waals surface area (Å²) in [6.45, 7) is 1.87. The van der Waals surface area contributed by atoms with Crippen LogP contribution in [0, 0.1) is 0 Å². The highest BCUT2D eigenvalue weighted by molar-refractivity contribution is 6.47. The minimum Gasteiger partial charge on any atom is -0.535 e. The maximum Gasteiger partial charge on any atom is 0.526 e. The van der Waals surface area contributed by atoms with E-state index in [0.29, 0.717) is 10.5 Å². The molecular weight excluding hydrogens is 679 g/mol. The highest BCUT2D eigenvalue weighted by Crippen LogP contribution is 2.38. The lowest BCUT2D eigenvalue weighted by atomic mass is 9.64. The zero-order chi connectivity index (χ0) is 37.4. The SMILES string of the molecule is CCN1CCN(C(=O)NC(C(=O)C[C@H]2Cc3cccc(C(=O)O)c3OB2O)c2ccc(O)c(OCCNC(=O)OCc3ccccc3)c2)C(=O)C1=O. The number of aromatic carboxylic acids is 1. The third-order valence-electron chi connectivity index (χ3n) is 8.60. The third kappa shape index (κ3) is 8.79. The van der Waals surface area contributed by atoms with E-state index in [9.17, 15) is 44.0 Å². The van der Waals surface area contributed by atoms with Crippen molar-refractivity contribution in [3.05, 3.63) is 89.0 Å². The van der Waals surface area contributed by atoms with Crippen LogP contribution in [0.2, 0.25) is 5.82 Å². The fraction of sp³-hybridized carbons (Fsp3) is 0.314. The van der Waals surface area contributed by atoms with Gasteiger partial charge in [-0.2, -0.15) is 0 Å². The van der Waals surface area contributed by atoms with Crippen LogP contribution >= 0.6 is 0 Å². The van der Waals surface area contributed by atoms with Gasteiger partial charge in [0.1, 0.15) is 25.0 Å². The topological polar surface area (TPSA) is 221 Å². The Hall–Kier alpha value is -6.10. The van der Waals surface area contributed by atoms with Crippen molar-refractivity contribution in [3.63, 3.8) is 0 Å². The molecule has 272 valence electrons. The first kappa shape index (κ1) is 37.2. The number of nitrogens with zero attached hydrogens (tertiary/aromatic N) is 2. The van der Waals surface area contributed by atoms with E-state index in [2.05, 4.69) is 10.6 Å². The van der Waals surface area contributed by atoms with E-state index in [4.69, 9.17) is 14.1 Å². The van der Waals surface area contributed by atoms with Crippen LogP contribution in [0.15, 0.2) is 66.7 Å². The number of imide groups is 1. The van der Waals surface area contributed by atoms with Gasteiger partial charge in [0.15, 0.2) is 17.3 Å². The highest BCUT2D eigenvalue weighted by atomic mass is 16.5. The number of ether oxygens (including phenoxy) is 2. The summed E-state index contributed by atoms with van der Waals surface area (Å²) < 4.78 is 16.4. The van der Waals surface area contributed by atoms with Crippen molar-refractivity contribution in [2.24, 2.45) is 0 Å². The lowest BCUT2D eigenvalue weighted by Gasteiger charge is -2.33. The number of piperazine rings is 1. The summed E-state index contributed by atoms with van der Waals surface area (Å²) in [5.74, 6) is -5.10. The van der Waals surface area contributed by atoms with E-state index < -0.39 is 54.7 Å². The number of aromatic hydroxyl groups is 1. The van der Waals surface area contributed by atoms with Gasteiger partial charge in [0.25, 0.3) is 0 Å². The molecule has 2 aliphatic rings. The molecule has 5 N–H and O–H groups in total. The molecule has 1 saturated heterocycles. The lowest BCUT2D eigenvalue weighted by molar-refractivity contribution is -0.153. The fourth-order valence-electron chi connectivity index (χ4n) is 5.84. The second-order valence-electron chi connectivity index (χ2n) is 12.0. The number of rotatable bonds is 13. The van der Waals surface area contributed by atoms with Crippen molar-refractivity contribution in [2.75, 3.05) is 32.8 Å². The molecule has 0 bridgehead atoms. The van der Waals surface area contributed by atoms with Crippen molar-refractivity contribution >= 4 is 42.8 Å².